The SMILES string of the molecule is CCC(CC)C(NC(=O)C1CSCCS1)c1cccs1. The zero-order valence-electron chi connectivity index (χ0n) is 12.1. The van der Waals surface area contributed by atoms with E-state index in [-0.39, 0.29) is 17.2 Å². The highest BCUT2D eigenvalue weighted by atomic mass is 32.2. The largest absolute Gasteiger partial charge is 0.347 e. The summed E-state index contributed by atoms with van der Waals surface area (Å²) in [6, 6.07) is 4.41. The van der Waals surface area contributed by atoms with Gasteiger partial charge in [-0.3, -0.25) is 4.79 Å². The summed E-state index contributed by atoms with van der Waals surface area (Å²) >= 11 is 5.46. The second kappa shape index (κ2) is 8.35. The van der Waals surface area contributed by atoms with Gasteiger partial charge in [0, 0.05) is 22.1 Å². The summed E-state index contributed by atoms with van der Waals surface area (Å²) in [5, 5.41) is 5.56. The smallest absolute Gasteiger partial charge is 0.234 e. The van der Waals surface area contributed by atoms with Crippen LogP contribution in [0.1, 0.15) is 37.6 Å². The number of thioether (sulfide) groups is 2. The van der Waals surface area contributed by atoms with E-state index in [1.165, 1.54) is 10.6 Å². The van der Waals surface area contributed by atoms with Gasteiger partial charge in [0.05, 0.1) is 11.3 Å². The summed E-state index contributed by atoms with van der Waals surface area (Å²) in [6.45, 7) is 4.43. The van der Waals surface area contributed by atoms with Crippen LogP contribution in [0.4, 0.5) is 0 Å². The Labute approximate surface area is 134 Å². The van der Waals surface area contributed by atoms with E-state index in [0.29, 0.717) is 5.92 Å². The lowest BCUT2D eigenvalue weighted by atomic mass is 9.93. The second-order valence-corrected chi connectivity index (χ2v) is 8.45. The summed E-state index contributed by atoms with van der Waals surface area (Å²) in [6.07, 6.45) is 2.21. The van der Waals surface area contributed by atoms with E-state index in [9.17, 15) is 4.79 Å². The summed E-state index contributed by atoms with van der Waals surface area (Å²) in [7, 11) is 0. The normalized spacial score (nSPS) is 20.9. The summed E-state index contributed by atoms with van der Waals surface area (Å²) < 4.78 is 0. The van der Waals surface area contributed by atoms with Crippen molar-refractivity contribution in [2.24, 2.45) is 5.92 Å². The van der Waals surface area contributed by atoms with E-state index < -0.39 is 0 Å². The first-order chi connectivity index (χ1) is 9.76. The molecule has 2 atom stereocenters. The van der Waals surface area contributed by atoms with E-state index in [4.69, 9.17) is 0 Å². The molecule has 0 spiro atoms. The molecule has 0 aromatic carbocycles. The average Bonchev–Trinajstić information content (AvgIpc) is 3.02. The summed E-state index contributed by atoms with van der Waals surface area (Å²) in [5.41, 5.74) is 0. The van der Waals surface area contributed by atoms with Crippen molar-refractivity contribution in [3.63, 3.8) is 0 Å². The van der Waals surface area contributed by atoms with E-state index in [0.717, 1.165) is 24.3 Å². The van der Waals surface area contributed by atoms with Crippen molar-refractivity contribution in [3.8, 4) is 0 Å². The Bertz CT molecular complexity index is 397. The fourth-order valence-electron chi connectivity index (χ4n) is 2.53. The van der Waals surface area contributed by atoms with Gasteiger partial charge < -0.3 is 5.32 Å². The van der Waals surface area contributed by atoms with Crippen molar-refractivity contribution >= 4 is 40.8 Å². The molecule has 2 rings (SSSR count). The Hall–Kier alpha value is -0.130. The molecule has 1 saturated heterocycles. The lowest BCUT2D eigenvalue weighted by Gasteiger charge is -2.28. The number of amides is 1. The van der Waals surface area contributed by atoms with Gasteiger partial charge in [-0.1, -0.05) is 32.8 Å². The number of thiophene rings is 1. The van der Waals surface area contributed by atoms with Gasteiger partial charge in [0.2, 0.25) is 5.91 Å². The predicted molar refractivity (Wildman–Crippen MR) is 92.8 cm³/mol. The van der Waals surface area contributed by atoms with Crippen LogP contribution in [0.15, 0.2) is 17.5 Å². The maximum Gasteiger partial charge on any atom is 0.234 e. The number of carbonyl (C=O) groups excluding carboxylic acids is 1. The number of rotatable bonds is 6. The minimum absolute atomic E-state index is 0.130. The number of hydrogen-bond donors (Lipinski definition) is 1. The molecular weight excluding hydrogens is 306 g/mol. The summed E-state index contributed by atoms with van der Waals surface area (Å²) in [5.74, 6) is 3.98. The van der Waals surface area contributed by atoms with Crippen LogP contribution in [0.25, 0.3) is 0 Å². The quantitative estimate of drug-likeness (QED) is 0.848. The molecule has 0 bridgehead atoms. The minimum Gasteiger partial charge on any atom is -0.347 e. The molecule has 1 aromatic rings. The van der Waals surface area contributed by atoms with Crippen LogP contribution in [0, 0.1) is 5.92 Å². The molecule has 1 aliphatic rings. The zero-order chi connectivity index (χ0) is 14.4. The molecule has 1 N–H and O–H groups in total. The number of carbonyl (C=O) groups is 1. The van der Waals surface area contributed by atoms with Crippen LogP contribution in [0.3, 0.4) is 0 Å². The average molecular weight is 330 g/mol. The predicted octanol–water partition coefficient (Wildman–Crippen LogP) is 4.19. The standard InChI is InChI=1S/C15H23NOS3/c1-3-11(4-2)14(12-6-5-7-19-12)16-15(17)13-10-18-8-9-20-13/h5-7,11,13-14H,3-4,8-10H2,1-2H3,(H,16,17). The molecule has 5 heteroatoms. The van der Waals surface area contributed by atoms with Gasteiger partial charge in [-0.05, 0) is 17.4 Å². The molecule has 0 radical (unpaired) electrons. The fourth-order valence-corrected chi connectivity index (χ4v) is 5.97. The van der Waals surface area contributed by atoms with E-state index in [1.54, 1.807) is 11.3 Å². The van der Waals surface area contributed by atoms with Gasteiger partial charge in [-0.2, -0.15) is 11.8 Å². The van der Waals surface area contributed by atoms with Crippen molar-refractivity contribution in [2.45, 2.75) is 38.0 Å². The van der Waals surface area contributed by atoms with Crippen molar-refractivity contribution in [3.05, 3.63) is 22.4 Å². The lowest BCUT2D eigenvalue weighted by Crippen LogP contribution is -2.40. The molecule has 0 aliphatic carbocycles. The molecule has 1 fully saturated rings. The van der Waals surface area contributed by atoms with Crippen molar-refractivity contribution in [2.75, 3.05) is 17.3 Å². The highest BCUT2D eigenvalue weighted by Gasteiger charge is 2.28. The molecule has 20 heavy (non-hydrogen) atoms. The monoisotopic (exact) mass is 329 g/mol. The van der Waals surface area contributed by atoms with Crippen molar-refractivity contribution < 1.29 is 4.79 Å². The van der Waals surface area contributed by atoms with Gasteiger partial charge in [0.25, 0.3) is 0 Å². The topological polar surface area (TPSA) is 29.1 Å². The van der Waals surface area contributed by atoms with Gasteiger partial charge in [-0.15, -0.1) is 23.1 Å². The van der Waals surface area contributed by atoms with Crippen molar-refractivity contribution in [1.29, 1.82) is 0 Å². The van der Waals surface area contributed by atoms with Crippen LogP contribution >= 0.6 is 34.9 Å². The van der Waals surface area contributed by atoms with Gasteiger partial charge in [0.1, 0.15) is 0 Å². The van der Waals surface area contributed by atoms with Crippen LogP contribution < -0.4 is 5.32 Å². The Morgan fingerprint density at radius 1 is 1.40 bits per heavy atom. The molecule has 1 aromatic heterocycles. The molecule has 1 aliphatic heterocycles. The Morgan fingerprint density at radius 2 is 2.20 bits per heavy atom. The fraction of sp³-hybridized carbons (Fsp3) is 0.667. The van der Waals surface area contributed by atoms with E-state index in [1.807, 2.05) is 23.5 Å². The molecular formula is C15H23NOS3. The number of hydrogen-bond acceptors (Lipinski definition) is 4. The maximum absolute atomic E-state index is 12.5. The highest BCUT2D eigenvalue weighted by molar-refractivity contribution is 8.07. The van der Waals surface area contributed by atoms with Crippen LogP contribution in [-0.2, 0) is 4.79 Å². The highest BCUT2D eigenvalue weighted by Crippen LogP contribution is 2.32. The molecule has 1 amide bonds. The first kappa shape index (κ1) is 16.2. The maximum atomic E-state index is 12.5. The first-order valence-electron chi connectivity index (χ1n) is 7.29. The lowest BCUT2D eigenvalue weighted by molar-refractivity contribution is -0.121. The van der Waals surface area contributed by atoms with E-state index >= 15 is 0 Å². The third kappa shape index (κ3) is 4.18. The first-order valence-corrected chi connectivity index (χ1v) is 10.4. The third-order valence-corrected chi connectivity index (χ3v) is 7.49. The van der Waals surface area contributed by atoms with Crippen molar-refractivity contribution in [1.82, 2.24) is 5.32 Å². The Morgan fingerprint density at radius 3 is 2.75 bits per heavy atom. The Kier molecular flexibility index (Phi) is 6.78. The molecule has 2 unspecified atom stereocenters. The summed E-state index contributed by atoms with van der Waals surface area (Å²) in [4.78, 5) is 13.8. The third-order valence-electron chi connectivity index (χ3n) is 3.78. The zero-order valence-corrected chi connectivity index (χ0v) is 14.6. The van der Waals surface area contributed by atoms with Gasteiger partial charge in [0.15, 0.2) is 0 Å². The molecule has 2 heterocycles. The van der Waals surface area contributed by atoms with Crippen LogP contribution in [0.2, 0.25) is 0 Å². The molecule has 112 valence electrons. The second-order valence-electron chi connectivity index (χ2n) is 5.01. The Balaban J connectivity index is 2.05. The molecule has 0 saturated carbocycles. The number of nitrogens with one attached hydrogen (secondary N) is 1. The van der Waals surface area contributed by atoms with Crippen LogP contribution in [0.5, 0.6) is 0 Å². The minimum atomic E-state index is 0.130. The van der Waals surface area contributed by atoms with E-state index in [2.05, 4.69) is 36.7 Å². The van der Waals surface area contributed by atoms with Crippen LogP contribution in [-0.4, -0.2) is 28.4 Å². The molecule has 2 nitrogen and oxygen atoms in total. The van der Waals surface area contributed by atoms with Gasteiger partial charge >= 0.3 is 0 Å². The van der Waals surface area contributed by atoms with Gasteiger partial charge in [-0.25, -0.2) is 0 Å².